The fourth-order valence-corrected chi connectivity index (χ4v) is 1.33. The van der Waals surface area contributed by atoms with E-state index in [2.05, 4.69) is 15.2 Å². The van der Waals surface area contributed by atoms with Crippen molar-refractivity contribution in [1.29, 1.82) is 0 Å². The molecular formula is C10H12N4O2. The van der Waals surface area contributed by atoms with Gasteiger partial charge in [0, 0.05) is 5.56 Å². The number of hydrogen-bond donors (Lipinski definition) is 3. The maximum absolute atomic E-state index is 9.44. The third-order valence-corrected chi connectivity index (χ3v) is 2.16. The van der Waals surface area contributed by atoms with Crippen molar-refractivity contribution in [3.63, 3.8) is 0 Å². The van der Waals surface area contributed by atoms with E-state index in [1.165, 1.54) is 13.2 Å². The van der Waals surface area contributed by atoms with Crippen LogP contribution in [-0.4, -0.2) is 27.4 Å². The zero-order valence-electron chi connectivity index (χ0n) is 8.77. The minimum atomic E-state index is 0.0841. The van der Waals surface area contributed by atoms with E-state index >= 15 is 0 Å². The molecule has 2 rings (SSSR count). The number of nitrogens with zero attached hydrogens (tertiary/aromatic N) is 2. The first-order valence-electron chi connectivity index (χ1n) is 4.73. The lowest BCUT2D eigenvalue weighted by atomic mass is 10.2. The molecule has 0 atom stereocenters. The van der Waals surface area contributed by atoms with E-state index in [0.29, 0.717) is 23.9 Å². The summed E-state index contributed by atoms with van der Waals surface area (Å²) >= 11 is 0. The average molecular weight is 220 g/mol. The molecule has 0 fully saturated rings. The van der Waals surface area contributed by atoms with Gasteiger partial charge in [-0.05, 0) is 18.2 Å². The van der Waals surface area contributed by atoms with E-state index in [-0.39, 0.29) is 5.75 Å². The van der Waals surface area contributed by atoms with E-state index in [4.69, 9.17) is 10.5 Å². The smallest absolute Gasteiger partial charge is 0.181 e. The average Bonchev–Trinajstić information content (AvgIpc) is 2.78. The quantitative estimate of drug-likeness (QED) is 0.705. The number of nitrogens with one attached hydrogen (secondary N) is 1. The molecule has 1 heterocycles. The molecule has 0 radical (unpaired) electrons. The number of nitrogens with two attached hydrogens (primary N) is 1. The summed E-state index contributed by atoms with van der Waals surface area (Å²) < 4.78 is 5.00. The summed E-state index contributed by atoms with van der Waals surface area (Å²) in [7, 11) is 1.49. The number of aromatic amines is 1. The Morgan fingerprint density at radius 3 is 2.94 bits per heavy atom. The highest BCUT2D eigenvalue weighted by Gasteiger charge is 2.08. The topological polar surface area (TPSA) is 97.0 Å². The van der Waals surface area contributed by atoms with E-state index < -0.39 is 0 Å². The molecule has 6 nitrogen and oxygen atoms in total. The highest BCUT2D eigenvalue weighted by atomic mass is 16.5. The Labute approximate surface area is 92.1 Å². The monoisotopic (exact) mass is 220 g/mol. The predicted molar refractivity (Wildman–Crippen MR) is 57.9 cm³/mol. The number of aromatic nitrogens is 3. The van der Waals surface area contributed by atoms with Crippen LogP contribution in [-0.2, 0) is 6.54 Å². The van der Waals surface area contributed by atoms with Gasteiger partial charge in [0.15, 0.2) is 17.3 Å². The molecule has 0 unspecified atom stereocenters. The van der Waals surface area contributed by atoms with Gasteiger partial charge in [0.05, 0.1) is 13.7 Å². The number of H-pyrrole nitrogens is 1. The third-order valence-electron chi connectivity index (χ3n) is 2.16. The molecule has 0 saturated carbocycles. The molecule has 0 aliphatic rings. The van der Waals surface area contributed by atoms with E-state index in [1.807, 2.05) is 0 Å². The van der Waals surface area contributed by atoms with Crippen molar-refractivity contribution in [2.75, 3.05) is 7.11 Å². The molecule has 1 aromatic heterocycles. The number of phenols is 1. The molecule has 6 heteroatoms. The number of rotatable bonds is 3. The van der Waals surface area contributed by atoms with Crippen molar-refractivity contribution < 1.29 is 9.84 Å². The van der Waals surface area contributed by atoms with Crippen molar-refractivity contribution >= 4 is 0 Å². The second kappa shape index (κ2) is 4.19. The molecule has 2 aromatic rings. The lowest BCUT2D eigenvalue weighted by molar-refractivity contribution is 0.373. The largest absolute Gasteiger partial charge is 0.504 e. The lowest BCUT2D eigenvalue weighted by Gasteiger charge is -2.03. The minimum Gasteiger partial charge on any atom is -0.504 e. The Balaban J connectivity index is 2.40. The van der Waals surface area contributed by atoms with Crippen LogP contribution in [0.2, 0.25) is 0 Å². The van der Waals surface area contributed by atoms with Crippen molar-refractivity contribution in [3.8, 4) is 22.9 Å². The number of phenolic OH excluding ortho intramolecular Hbond substituents is 1. The maximum Gasteiger partial charge on any atom is 0.181 e. The van der Waals surface area contributed by atoms with Crippen LogP contribution in [0.5, 0.6) is 11.5 Å². The molecular weight excluding hydrogens is 208 g/mol. The van der Waals surface area contributed by atoms with Crippen LogP contribution in [0.3, 0.4) is 0 Å². The molecule has 0 aliphatic heterocycles. The first-order valence-corrected chi connectivity index (χ1v) is 4.73. The van der Waals surface area contributed by atoms with E-state index in [1.54, 1.807) is 12.1 Å². The highest BCUT2D eigenvalue weighted by molar-refractivity contribution is 5.60. The summed E-state index contributed by atoms with van der Waals surface area (Å²) in [4.78, 5) is 4.18. The van der Waals surface area contributed by atoms with Gasteiger partial charge in [0.25, 0.3) is 0 Å². The van der Waals surface area contributed by atoms with Gasteiger partial charge >= 0.3 is 0 Å². The van der Waals surface area contributed by atoms with Crippen LogP contribution in [0.15, 0.2) is 18.2 Å². The molecule has 4 N–H and O–H groups in total. The summed E-state index contributed by atoms with van der Waals surface area (Å²) in [6, 6.07) is 4.91. The summed E-state index contributed by atoms with van der Waals surface area (Å²) in [6.07, 6.45) is 0. The Hall–Kier alpha value is -2.08. The van der Waals surface area contributed by atoms with Gasteiger partial charge in [-0.1, -0.05) is 0 Å². The van der Waals surface area contributed by atoms with Crippen molar-refractivity contribution in [1.82, 2.24) is 15.2 Å². The van der Waals surface area contributed by atoms with E-state index in [9.17, 15) is 5.11 Å². The summed E-state index contributed by atoms with van der Waals surface area (Å²) in [6.45, 7) is 0.308. The zero-order valence-corrected chi connectivity index (χ0v) is 8.77. The highest BCUT2D eigenvalue weighted by Crippen LogP contribution is 2.29. The normalized spacial score (nSPS) is 10.4. The first kappa shape index (κ1) is 10.4. The summed E-state index contributed by atoms with van der Waals surface area (Å²) in [5.74, 6) is 1.61. The number of aromatic hydroxyl groups is 1. The first-order chi connectivity index (χ1) is 7.74. The molecule has 0 bridgehead atoms. The van der Waals surface area contributed by atoms with Gasteiger partial charge in [-0.2, -0.15) is 5.10 Å². The predicted octanol–water partition coefficient (Wildman–Crippen LogP) is 0.645. The van der Waals surface area contributed by atoms with Crippen LogP contribution in [0.1, 0.15) is 5.82 Å². The molecule has 84 valence electrons. The number of methoxy groups -OCH3 is 1. The molecule has 0 aliphatic carbocycles. The second-order valence-electron chi connectivity index (χ2n) is 3.20. The Kier molecular flexibility index (Phi) is 2.74. The van der Waals surface area contributed by atoms with Crippen LogP contribution < -0.4 is 10.5 Å². The molecule has 0 amide bonds. The molecule has 0 spiro atoms. The molecule has 16 heavy (non-hydrogen) atoms. The van der Waals surface area contributed by atoms with Crippen molar-refractivity contribution in [2.24, 2.45) is 5.73 Å². The standard InChI is InChI=1S/C10H12N4O2/c1-16-8-4-6(2-3-7(8)15)10-12-9(5-11)13-14-10/h2-4,15H,5,11H2,1H3,(H,12,13,14). The van der Waals surface area contributed by atoms with Crippen LogP contribution in [0, 0.1) is 0 Å². The number of ether oxygens (including phenoxy) is 1. The van der Waals surface area contributed by atoms with Crippen molar-refractivity contribution in [2.45, 2.75) is 6.54 Å². The lowest BCUT2D eigenvalue weighted by Crippen LogP contribution is -1.97. The molecule has 0 saturated heterocycles. The zero-order chi connectivity index (χ0) is 11.5. The summed E-state index contributed by atoms with van der Waals surface area (Å²) in [5.41, 5.74) is 6.18. The maximum atomic E-state index is 9.44. The third kappa shape index (κ3) is 1.82. The Bertz CT molecular complexity index is 495. The van der Waals surface area contributed by atoms with Gasteiger partial charge in [0.1, 0.15) is 5.82 Å². The van der Waals surface area contributed by atoms with Gasteiger partial charge in [0.2, 0.25) is 0 Å². The van der Waals surface area contributed by atoms with E-state index in [0.717, 1.165) is 5.56 Å². The number of benzene rings is 1. The van der Waals surface area contributed by atoms with Gasteiger partial charge in [-0.15, -0.1) is 0 Å². The van der Waals surface area contributed by atoms with Crippen LogP contribution >= 0.6 is 0 Å². The Morgan fingerprint density at radius 1 is 1.50 bits per heavy atom. The minimum absolute atomic E-state index is 0.0841. The van der Waals surface area contributed by atoms with Crippen LogP contribution in [0.25, 0.3) is 11.4 Å². The fourth-order valence-electron chi connectivity index (χ4n) is 1.33. The number of hydrogen-bond acceptors (Lipinski definition) is 5. The summed E-state index contributed by atoms with van der Waals surface area (Å²) in [5, 5.41) is 16.2. The Morgan fingerprint density at radius 2 is 2.31 bits per heavy atom. The van der Waals surface area contributed by atoms with Crippen molar-refractivity contribution in [3.05, 3.63) is 24.0 Å². The van der Waals surface area contributed by atoms with Crippen LogP contribution in [0.4, 0.5) is 0 Å². The second-order valence-corrected chi connectivity index (χ2v) is 3.20. The van der Waals surface area contributed by atoms with Gasteiger partial charge < -0.3 is 15.6 Å². The van der Waals surface area contributed by atoms with Gasteiger partial charge in [-0.25, -0.2) is 4.98 Å². The van der Waals surface area contributed by atoms with Gasteiger partial charge in [-0.3, -0.25) is 5.10 Å². The fraction of sp³-hybridized carbons (Fsp3) is 0.200. The molecule has 1 aromatic carbocycles. The SMILES string of the molecule is COc1cc(-c2n[nH]c(CN)n2)ccc1O.